The molecule has 0 saturated carbocycles. The molecule has 0 aliphatic rings. The second kappa shape index (κ2) is 3.57. The quantitative estimate of drug-likeness (QED) is 0.445. The van der Waals surface area contributed by atoms with Crippen molar-refractivity contribution in [2.45, 2.75) is 6.54 Å². The van der Waals surface area contributed by atoms with E-state index >= 15 is 0 Å². The van der Waals surface area contributed by atoms with Gasteiger partial charge >= 0.3 is 0 Å². The number of hydrogen-bond acceptors (Lipinski definition) is 3. The fraction of sp³-hybridized carbons (Fsp3) is 0.167. The molecule has 0 spiro atoms. The average Bonchev–Trinajstić information content (AvgIpc) is 1.96. The van der Waals surface area contributed by atoms with Crippen LogP contribution >= 0.6 is 15.9 Å². The zero-order valence-electron chi connectivity index (χ0n) is 5.83. The van der Waals surface area contributed by atoms with Crippen LogP contribution in [0.4, 0.5) is 4.39 Å². The SMILES string of the molecule is O=[N+]([O-])Cc1cc(Br)cnc1F. The van der Waals surface area contributed by atoms with Gasteiger partial charge in [0.15, 0.2) is 0 Å². The molecule has 0 N–H and O–H groups in total. The average molecular weight is 235 g/mol. The van der Waals surface area contributed by atoms with Crippen molar-refractivity contribution in [3.63, 3.8) is 0 Å². The van der Waals surface area contributed by atoms with E-state index in [4.69, 9.17) is 0 Å². The minimum atomic E-state index is -0.796. The number of hydrogen-bond donors (Lipinski definition) is 0. The van der Waals surface area contributed by atoms with E-state index in [1.807, 2.05) is 0 Å². The first-order chi connectivity index (χ1) is 5.59. The van der Waals surface area contributed by atoms with E-state index < -0.39 is 17.4 Å². The lowest BCUT2D eigenvalue weighted by Crippen LogP contribution is -2.02. The third kappa shape index (κ3) is 2.23. The molecule has 1 rings (SSSR count). The van der Waals surface area contributed by atoms with E-state index in [9.17, 15) is 14.5 Å². The fourth-order valence-corrected chi connectivity index (χ4v) is 1.09. The predicted molar refractivity (Wildman–Crippen MR) is 42.6 cm³/mol. The van der Waals surface area contributed by atoms with E-state index in [1.54, 1.807) is 0 Å². The second-order valence-corrected chi connectivity index (χ2v) is 3.01. The molecule has 0 aliphatic carbocycles. The first-order valence-electron chi connectivity index (χ1n) is 3.01. The zero-order valence-corrected chi connectivity index (χ0v) is 7.41. The van der Waals surface area contributed by atoms with E-state index in [0.717, 1.165) is 0 Å². The molecule has 64 valence electrons. The van der Waals surface area contributed by atoms with Crippen LogP contribution in [0.5, 0.6) is 0 Å². The van der Waals surface area contributed by atoms with Crippen molar-refractivity contribution in [1.82, 2.24) is 4.98 Å². The molecular formula is C6H4BrFN2O2. The van der Waals surface area contributed by atoms with Gasteiger partial charge in [0.1, 0.15) is 0 Å². The summed E-state index contributed by atoms with van der Waals surface area (Å²) in [6.45, 7) is -0.543. The molecule has 0 bridgehead atoms. The smallest absolute Gasteiger partial charge is 0.233 e. The Balaban J connectivity index is 2.97. The normalized spacial score (nSPS) is 9.83. The summed E-state index contributed by atoms with van der Waals surface area (Å²) in [5.74, 6) is -0.796. The molecular weight excluding hydrogens is 231 g/mol. The first kappa shape index (κ1) is 9.05. The van der Waals surface area contributed by atoms with Gasteiger partial charge in [0.05, 0.1) is 5.56 Å². The summed E-state index contributed by atoms with van der Waals surface area (Å²) in [7, 11) is 0. The van der Waals surface area contributed by atoms with Gasteiger partial charge in [-0.2, -0.15) is 4.39 Å². The summed E-state index contributed by atoms with van der Waals surface area (Å²) < 4.78 is 13.2. The predicted octanol–water partition coefficient (Wildman–Crippen LogP) is 1.76. The number of nitrogens with zero attached hydrogens (tertiary/aromatic N) is 2. The fourth-order valence-electron chi connectivity index (χ4n) is 0.714. The van der Waals surface area contributed by atoms with Crippen molar-refractivity contribution in [1.29, 1.82) is 0 Å². The molecule has 0 fully saturated rings. The number of aromatic nitrogens is 1. The highest BCUT2D eigenvalue weighted by atomic mass is 79.9. The Kier molecular flexibility index (Phi) is 2.69. The van der Waals surface area contributed by atoms with Crippen LogP contribution in [0.2, 0.25) is 0 Å². The number of halogens is 2. The maximum atomic E-state index is 12.7. The molecule has 6 heteroatoms. The van der Waals surface area contributed by atoms with Crippen molar-refractivity contribution in [3.8, 4) is 0 Å². The summed E-state index contributed by atoms with van der Waals surface area (Å²) in [5, 5.41) is 10.0. The number of pyridine rings is 1. The van der Waals surface area contributed by atoms with E-state index in [-0.39, 0.29) is 5.56 Å². The van der Waals surface area contributed by atoms with Crippen LogP contribution in [-0.2, 0) is 6.54 Å². The van der Waals surface area contributed by atoms with Crippen molar-refractivity contribution >= 4 is 15.9 Å². The van der Waals surface area contributed by atoms with Gasteiger partial charge in [-0.15, -0.1) is 0 Å². The van der Waals surface area contributed by atoms with Crippen molar-refractivity contribution in [2.24, 2.45) is 0 Å². The Morgan fingerprint density at radius 1 is 1.75 bits per heavy atom. The molecule has 0 aliphatic heterocycles. The zero-order chi connectivity index (χ0) is 9.14. The highest BCUT2D eigenvalue weighted by Crippen LogP contribution is 2.13. The van der Waals surface area contributed by atoms with Gasteiger partial charge in [-0.05, 0) is 22.0 Å². The van der Waals surface area contributed by atoms with Gasteiger partial charge in [-0.3, -0.25) is 10.1 Å². The lowest BCUT2D eigenvalue weighted by atomic mass is 10.3. The van der Waals surface area contributed by atoms with Crippen LogP contribution in [0.15, 0.2) is 16.7 Å². The highest BCUT2D eigenvalue weighted by molar-refractivity contribution is 9.10. The van der Waals surface area contributed by atoms with Crippen LogP contribution in [0.1, 0.15) is 5.56 Å². The van der Waals surface area contributed by atoms with Crippen molar-refractivity contribution in [2.75, 3.05) is 0 Å². The maximum absolute atomic E-state index is 12.7. The largest absolute Gasteiger partial charge is 0.264 e. The molecule has 0 atom stereocenters. The standard InChI is InChI=1S/C6H4BrFN2O2/c7-5-1-4(3-10(11)12)6(8)9-2-5/h1-2H,3H2. The Bertz CT molecular complexity index is 318. The van der Waals surface area contributed by atoms with Gasteiger partial charge in [0.25, 0.3) is 0 Å². The van der Waals surface area contributed by atoms with E-state index in [0.29, 0.717) is 4.47 Å². The van der Waals surface area contributed by atoms with E-state index in [2.05, 4.69) is 20.9 Å². The monoisotopic (exact) mass is 234 g/mol. The molecule has 1 heterocycles. The van der Waals surface area contributed by atoms with E-state index in [1.165, 1.54) is 12.3 Å². The molecule has 12 heavy (non-hydrogen) atoms. The summed E-state index contributed by atoms with van der Waals surface area (Å²) in [6.07, 6.45) is 1.25. The minimum absolute atomic E-state index is 0.0191. The Morgan fingerprint density at radius 3 is 3.00 bits per heavy atom. The van der Waals surface area contributed by atoms with Crippen LogP contribution in [0.3, 0.4) is 0 Å². The summed E-state index contributed by atoms with van der Waals surface area (Å²) >= 11 is 3.03. The molecule has 0 saturated heterocycles. The van der Waals surface area contributed by atoms with Gasteiger partial charge in [0.2, 0.25) is 12.5 Å². The van der Waals surface area contributed by atoms with Gasteiger partial charge < -0.3 is 0 Å². The maximum Gasteiger partial charge on any atom is 0.233 e. The van der Waals surface area contributed by atoms with Crippen LogP contribution < -0.4 is 0 Å². The summed E-state index contributed by atoms with van der Waals surface area (Å²) in [4.78, 5) is 12.7. The topological polar surface area (TPSA) is 56.0 Å². The first-order valence-corrected chi connectivity index (χ1v) is 3.80. The molecule has 4 nitrogen and oxygen atoms in total. The summed E-state index contributed by atoms with van der Waals surface area (Å²) in [5.41, 5.74) is -0.0191. The van der Waals surface area contributed by atoms with Crippen LogP contribution in [0, 0.1) is 16.1 Å². The summed E-state index contributed by atoms with van der Waals surface area (Å²) in [6, 6.07) is 1.34. The van der Waals surface area contributed by atoms with Crippen LogP contribution in [-0.4, -0.2) is 9.91 Å². The molecule has 0 aromatic carbocycles. The Hall–Kier alpha value is -1.04. The van der Waals surface area contributed by atoms with Crippen molar-refractivity contribution < 1.29 is 9.31 Å². The number of nitro groups is 1. The van der Waals surface area contributed by atoms with Crippen LogP contribution in [0.25, 0.3) is 0 Å². The molecule has 1 aromatic heterocycles. The lowest BCUT2D eigenvalue weighted by molar-refractivity contribution is -0.497. The molecule has 0 unspecified atom stereocenters. The van der Waals surface area contributed by atoms with Gasteiger partial charge in [0, 0.05) is 15.6 Å². The minimum Gasteiger partial charge on any atom is -0.264 e. The lowest BCUT2D eigenvalue weighted by Gasteiger charge is -1.96. The Labute approximate surface area is 75.7 Å². The Morgan fingerprint density at radius 2 is 2.42 bits per heavy atom. The van der Waals surface area contributed by atoms with Crippen molar-refractivity contribution in [3.05, 3.63) is 38.4 Å². The van der Waals surface area contributed by atoms with Gasteiger partial charge in [-0.1, -0.05) is 0 Å². The second-order valence-electron chi connectivity index (χ2n) is 2.09. The molecule has 0 radical (unpaired) electrons. The molecule has 1 aromatic rings. The highest BCUT2D eigenvalue weighted by Gasteiger charge is 2.09. The van der Waals surface area contributed by atoms with Gasteiger partial charge in [-0.25, -0.2) is 4.98 Å². The third-order valence-electron chi connectivity index (χ3n) is 1.18. The number of rotatable bonds is 2. The molecule has 0 amide bonds. The third-order valence-corrected chi connectivity index (χ3v) is 1.61.